The first kappa shape index (κ1) is 26.7. The Kier molecular flexibility index (Phi) is 8.14. The van der Waals surface area contributed by atoms with Gasteiger partial charge in [-0.1, -0.05) is 31.0 Å². The third-order valence-electron chi connectivity index (χ3n) is 7.89. The zero-order valence-electron chi connectivity index (χ0n) is 22.4. The Bertz CT molecular complexity index is 1330. The predicted molar refractivity (Wildman–Crippen MR) is 147 cm³/mol. The number of primary amides is 1. The summed E-state index contributed by atoms with van der Waals surface area (Å²) in [6, 6.07) is 13.4. The molecular formula is C30H36N4O5. The maximum Gasteiger partial charge on any atom is 0.286 e. The zero-order chi connectivity index (χ0) is 27.4. The zero-order valence-corrected chi connectivity index (χ0v) is 22.4. The van der Waals surface area contributed by atoms with Gasteiger partial charge >= 0.3 is 0 Å². The van der Waals surface area contributed by atoms with Gasteiger partial charge in [-0.05, 0) is 56.4 Å². The van der Waals surface area contributed by atoms with Crippen LogP contribution in [-0.2, 0) is 9.59 Å². The van der Waals surface area contributed by atoms with Crippen LogP contribution >= 0.6 is 0 Å². The molecule has 9 nitrogen and oxygen atoms in total. The highest BCUT2D eigenvalue weighted by Crippen LogP contribution is 2.35. The minimum Gasteiger partial charge on any atom is -0.490 e. The van der Waals surface area contributed by atoms with Crippen molar-refractivity contribution in [3.05, 3.63) is 53.9 Å². The first-order valence-corrected chi connectivity index (χ1v) is 13.9. The minimum absolute atomic E-state index is 0.00648. The van der Waals surface area contributed by atoms with Gasteiger partial charge in [-0.25, -0.2) is 4.98 Å². The smallest absolute Gasteiger partial charge is 0.286 e. The summed E-state index contributed by atoms with van der Waals surface area (Å²) < 4.78 is 11.6. The van der Waals surface area contributed by atoms with Gasteiger partial charge in [0.25, 0.3) is 5.91 Å². The van der Waals surface area contributed by atoms with Crippen molar-refractivity contribution in [1.29, 1.82) is 0 Å². The van der Waals surface area contributed by atoms with Gasteiger partial charge in [-0.15, -0.1) is 0 Å². The summed E-state index contributed by atoms with van der Waals surface area (Å²) in [4.78, 5) is 44.3. The van der Waals surface area contributed by atoms with Crippen molar-refractivity contribution >= 4 is 34.5 Å². The topological polar surface area (TPSA) is 128 Å². The van der Waals surface area contributed by atoms with Crippen LogP contribution in [0.1, 0.15) is 67.6 Å². The summed E-state index contributed by atoms with van der Waals surface area (Å²) in [5.74, 6) is 0.351. The SMILES string of the molecule is Cc1ccc2c(NC(=O)CCC3CCC[C@@H](C(=O)N4CCC(Oc5ccccc5)CC4)C3)c(C(N)=O)oc2n1. The van der Waals surface area contributed by atoms with Gasteiger partial charge in [0.05, 0.1) is 5.39 Å². The molecule has 2 aromatic heterocycles. The number of para-hydroxylation sites is 1. The van der Waals surface area contributed by atoms with Crippen molar-refractivity contribution in [3.8, 4) is 5.75 Å². The van der Waals surface area contributed by atoms with E-state index in [1.807, 2.05) is 42.2 Å². The van der Waals surface area contributed by atoms with E-state index < -0.39 is 5.91 Å². The fraction of sp³-hybridized carbons (Fsp3) is 0.467. The quantitative estimate of drug-likeness (QED) is 0.428. The van der Waals surface area contributed by atoms with Crippen LogP contribution in [0.2, 0.25) is 0 Å². The molecule has 9 heteroatoms. The number of likely N-dealkylation sites (tertiary alicyclic amines) is 1. The fourth-order valence-electron chi connectivity index (χ4n) is 5.83. The second-order valence-electron chi connectivity index (χ2n) is 10.7. The van der Waals surface area contributed by atoms with E-state index in [0.29, 0.717) is 17.7 Å². The average Bonchev–Trinajstić information content (AvgIpc) is 3.30. The number of amides is 3. The van der Waals surface area contributed by atoms with Crippen molar-refractivity contribution in [2.45, 2.75) is 64.4 Å². The van der Waals surface area contributed by atoms with Gasteiger partial charge in [0.15, 0.2) is 0 Å². The third kappa shape index (κ3) is 6.41. The Morgan fingerprint density at radius 1 is 1.08 bits per heavy atom. The number of nitrogens with two attached hydrogens (primary N) is 1. The summed E-state index contributed by atoms with van der Waals surface area (Å²) in [7, 11) is 0. The van der Waals surface area contributed by atoms with Crippen LogP contribution in [0.15, 0.2) is 46.9 Å². The number of aryl methyl sites for hydroxylation is 1. The average molecular weight is 533 g/mol. The molecule has 0 radical (unpaired) electrons. The largest absolute Gasteiger partial charge is 0.490 e. The Balaban J connectivity index is 1.11. The maximum absolute atomic E-state index is 13.3. The Hall–Kier alpha value is -3.88. The van der Waals surface area contributed by atoms with Gasteiger partial charge < -0.3 is 25.1 Å². The lowest BCUT2D eigenvalue weighted by molar-refractivity contribution is -0.139. The highest BCUT2D eigenvalue weighted by atomic mass is 16.5. The molecule has 39 heavy (non-hydrogen) atoms. The molecule has 3 N–H and O–H groups in total. The van der Waals surface area contributed by atoms with Gasteiger partial charge in [-0.2, -0.15) is 0 Å². The van der Waals surface area contributed by atoms with Gasteiger partial charge in [0, 0.05) is 44.0 Å². The highest BCUT2D eigenvalue weighted by Gasteiger charge is 2.33. The Morgan fingerprint density at radius 3 is 2.59 bits per heavy atom. The molecule has 1 aliphatic carbocycles. The molecule has 3 amide bonds. The molecule has 1 aliphatic heterocycles. The van der Waals surface area contributed by atoms with Crippen molar-refractivity contribution in [1.82, 2.24) is 9.88 Å². The summed E-state index contributed by atoms with van der Waals surface area (Å²) in [6.45, 7) is 3.25. The van der Waals surface area contributed by atoms with E-state index in [4.69, 9.17) is 14.9 Å². The molecule has 1 saturated heterocycles. The predicted octanol–water partition coefficient (Wildman–Crippen LogP) is 4.83. The minimum atomic E-state index is -0.759. The number of carbonyl (C=O) groups excluding carboxylic acids is 3. The lowest BCUT2D eigenvalue weighted by Gasteiger charge is -2.36. The summed E-state index contributed by atoms with van der Waals surface area (Å²) >= 11 is 0. The van der Waals surface area contributed by atoms with Gasteiger partial charge in [-0.3, -0.25) is 14.4 Å². The molecule has 2 fully saturated rings. The van der Waals surface area contributed by atoms with Crippen LogP contribution in [0.4, 0.5) is 5.69 Å². The highest BCUT2D eigenvalue weighted by molar-refractivity contribution is 6.09. The number of piperidine rings is 1. The lowest BCUT2D eigenvalue weighted by atomic mass is 9.78. The standard InChI is InChI=1S/C30H36N4O5/c1-19-10-12-24-26(27(28(31)36)39-29(24)32-19)33-25(35)13-11-20-6-5-7-21(18-20)30(37)34-16-14-23(15-17-34)38-22-8-3-2-4-9-22/h2-4,8-10,12,20-21,23H,5-7,11,13-18H2,1H3,(H2,31,36)(H,33,35)/t20?,21-/m1/s1. The number of rotatable bonds is 8. The maximum atomic E-state index is 13.3. The third-order valence-corrected chi connectivity index (χ3v) is 7.89. The number of fused-ring (bicyclic) bond motifs is 1. The molecule has 1 aromatic carbocycles. The number of benzene rings is 1. The number of carbonyl (C=O) groups is 3. The number of hydrogen-bond acceptors (Lipinski definition) is 6. The number of pyridine rings is 1. The Labute approximate surface area is 228 Å². The van der Waals surface area contributed by atoms with E-state index in [0.717, 1.165) is 63.1 Å². The van der Waals surface area contributed by atoms with E-state index in [1.165, 1.54) is 0 Å². The number of hydrogen-bond donors (Lipinski definition) is 2. The summed E-state index contributed by atoms with van der Waals surface area (Å²) in [6.07, 6.45) is 6.47. The summed E-state index contributed by atoms with van der Waals surface area (Å²) in [5, 5.41) is 3.37. The van der Waals surface area contributed by atoms with Crippen molar-refractivity contribution in [3.63, 3.8) is 0 Å². The first-order chi connectivity index (χ1) is 18.9. The van der Waals surface area contributed by atoms with E-state index >= 15 is 0 Å². The fourth-order valence-corrected chi connectivity index (χ4v) is 5.83. The first-order valence-electron chi connectivity index (χ1n) is 13.9. The molecule has 0 bridgehead atoms. The number of aromatic nitrogens is 1. The molecule has 0 spiro atoms. The molecule has 1 saturated carbocycles. The number of nitrogens with zero attached hydrogens (tertiary/aromatic N) is 2. The van der Waals surface area contributed by atoms with Gasteiger partial charge in [0.1, 0.15) is 17.5 Å². The second kappa shape index (κ2) is 11.9. The molecular weight excluding hydrogens is 496 g/mol. The van der Waals surface area contributed by atoms with Crippen molar-refractivity contribution in [2.75, 3.05) is 18.4 Å². The second-order valence-corrected chi connectivity index (χ2v) is 10.7. The number of furan rings is 1. The van der Waals surface area contributed by atoms with E-state index in [9.17, 15) is 14.4 Å². The molecule has 2 atom stereocenters. The molecule has 1 unspecified atom stereocenters. The van der Waals surface area contributed by atoms with Crippen molar-refractivity contribution < 1.29 is 23.5 Å². The van der Waals surface area contributed by atoms with Crippen LogP contribution < -0.4 is 15.8 Å². The van der Waals surface area contributed by atoms with Crippen LogP contribution in [0.25, 0.3) is 11.1 Å². The van der Waals surface area contributed by atoms with Gasteiger partial charge in [0.2, 0.25) is 23.3 Å². The van der Waals surface area contributed by atoms with Crippen LogP contribution in [0, 0.1) is 18.8 Å². The molecule has 3 heterocycles. The molecule has 3 aromatic rings. The number of nitrogens with one attached hydrogen (secondary N) is 1. The number of anilines is 1. The molecule has 206 valence electrons. The van der Waals surface area contributed by atoms with E-state index in [-0.39, 0.29) is 47.4 Å². The van der Waals surface area contributed by atoms with Crippen LogP contribution in [0.3, 0.4) is 0 Å². The van der Waals surface area contributed by atoms with Crippen LogP contribution in [-0.4, -0.2) is 46.8 Å². The molecule has 2 aliphatic rings. The van der Waals surface area contributed by atoms with Crippen LogP contribution in [0.5, 0.6) is 5.75 Å². The lowest BCUT2D eigenvalue weighted by Crippen LogP contribution is -2.45. The monoisotopic (exact) mass is 532 g/mol. The normalized spacial score (nSPS) is 20.1. The molecule has 5 rings (SSSR count). The summed E-state index contributed by atoms with van der Waals surface area (Å²) in [5.41, 5.74) is 6.75. The van der Waals surface area contributed by atoms with E-state index in [1.54, 1.807) is 12.1 Å². The Morgan fingerprint density at radius 2 is 1.85 bits per heavy atom. The van der Waals surface area contributed by atoms with E-state index in [2.05, 4.69) is 10.3 Å². The van der Waals surface area contributed by atoms with Crippen molar-refractivity contribution in [2.24, 2.45) is 17.6 Å². The number of ether oxygens (including phenoxy) is 1.